The van der Waals surface area contributed by atoms with Crippen LogP contribution < -0.4 is 0 Å². The van der Waals surface area contributed by atoms with Crippen molar-refractivity contribution in [2.24, 2.45) is 0 Å². The van der Waals surface area contributed by atoms with Crippen LogP contribution in [0.2, 0.25) is 0 Å². The molecular formula is C14H31N3O3S. The lowest BCUT2D eigenvalue weighted by molar-refractivity contribution is 0.0258. The molecule has 1 N–H and O–H groups in total. The molecule has 0 bridgehead atoms. The number of hydrogen-bond donors (Lipinski definition) is 1. The highest BCUT2D eigenvalue weighted by Gasteiger charge is 2.32. The zero-order valence-corrected chi connectivity index (χ0v) is 14.7. The van der Waals surface area contributed by atoms with Crippen LogP contribution in [0, 0.1) is 0 Å². The van der Waals surface area contributed by atoms with Gasteiger partial charge < -0.3 is 5.11 Å². The smallest absolute Gasteiger partial charge is 0.282 e. The van der Waals surface area contributed by atoms with Crippen molar-refractivity contribution < 1.29 is 13.5 Å². The molecule has 0 unspecified atom stereocenters. The Hall–Kier alpha value is -0.210. The molecule has 6 nitrogen and oxygen atoms in total. The highest BCUT2D eigenvalue weighted by Crippen LogP contribution is 2.15. The third-order valence-electron chi connectivity index (χ3n) is 3.54. The van der Waals surface area contributed by atoms with E-state index in [0.717, 1.165) is 12.8 Å². The van der Waals surface area contributed by atoms with Crippen LogP contribution in [0.3, 0.4) is 0 Å². The van der Waals surface area contributed by atoms with Crippen LogP contribution in [-0.2, 0) is 10.2 Å². The Morgan fingerprint density at radius 3 is 1.90 bits per heavy atom. The van der Waals surface area contributed by atoms with Crippen LogP contribution >= 0.6 is 0 Å². The lowest BCUT2D eigenvalue weighted by atomic mass is 10.1. The summed E-state index contributed by atoms with van der Waals surface area (Å²) >= 11 is 0. The van der Waals surface area contributed by atoms with Gasteiger partial charge >= 0.3 is 0 Å². The van der Waals surface area contributed by atoms with E-state index in [1.807, 2.05) is 13.8 Å². The molecular weight excluding hydrogens is 290 g/mol. The molecule has 0 saturated carbocycles. The average Bonchev–Trinajstić information content (AvgIpc) is 2.37. The first kappa shape index (κ1) is 18.8. The summed E-state index contributed by atoms with van der Waals surface area (Å²) in [5.41, 5.74) is -0.739. The van der Waals surface area contributed by atoms with Crippen molar-refractivity contribution in [3.05, 3.63) is 0 Å². The summed E-state index contributed by atoms with van der Waals surface area (Å²) in [7, 11) is -3.34. The molecule has 0 aromatic heterocycles. The molecule has 1 aliphatic rings. The van der Waals surface area contributed by atoms with Gasteiger partial charge in [0.1, 0.15) is 0 Å². The van der Waals surface area contributed by atoms with Gasteiger partial charge in [-0.05, 0) is 26.7 Å². The maximum absolute atomic E-state index is 12.6. The second kappa shape index (κ2) is 7.87. The highest BCUT2D eigenvalue weighted by atomic mass is 32.2. The van der Waals surface area contributed by atoms with Gasteiger partial charge in [0.2, 0.25) is 0 Å². The zero-order valence-electron chi connectivity index (χ0n) is 13.9. The summed E-state index contributed by atoms with van der Waals surface area (Å²) in [6.45, 7) is 11.7. The third kappa shape index (κ3) is 5.83. The minimum Gasteiger partial charge on any atom is -0.389 e. The van der Waals surface area contributed by atoms with Crippen molar-refractivity contribution in [2.45, 2.75) is 46.1 Å². The lowest BCUT2D eigenvalue weighted by Crippen LogP contribution is -2.55. The van der Waals surface area contributed by atoms with Gasteiger partial charge in [-0.15, -0.1) is 0 Å². The molecule has 1 aliphatic heterocycles. The molecule has 126 valence electrons. The summed E-state index contributed by atoms with van der Waals surface area (Å²) in [6.07, 6.45) is 1.66. The molecule has 0 amide bonds. The number of β-amino-alcohol motifs (C(OH)–C–C–N with tert-alkyl or cyclic N) is 1. The second-order valence-corrected chi connectivity index (χ2v) is 8.32. The largest absolute Gasteiger partial charge is 0.389 e. The third-order valence-corrected chi connectivity index (χ3v) is 5.58. The van der Waals surface area contributed by atoms with Crippen molar-refractivity contribution in [3.63, 3.8) is 0 Å². The lowest BCUT2D eigenvalue weighted by Gasteiger charge is -2.38. The second-order valence-electron chi connectivity index (χ2n) is 6.39. The Balaban J connectivity index is 2.62. The molecule has 0 aromatic carbocycles. The number of rotatable bonds is 8. The molecule has 1 rings (SSSR count). The first-order chi connectivity index (χ1) is 9.70. The number of hydrogen-bond acceptors (Lipinski definition) is 4. The van der Waals surface area contributed by atoms with E-state index in [1.54, 1.807) is 22.5 Å². The topological polar surface area (TPSA) is 64.1 Å². The van der Waals surface area contributed by atoms with Gasteiger partial charge in [-0.3, -0.25) is 4.90 Å². The van der Waals surface area contributed by atoms with E-state index in [1.165, 1.54) is 0 Å². The van der Waals surface area contributed by atoms with E-state index in [0.29, 0.717) is 45.8 Å². The molecule has 1 fully saturated rings. The quantitative estimate of drug-likeness (QED) is 0.716. The SMILES string of the molecule is CCCN(CCC)S(=O)(=O)N1CCN(CC(C)(C)O)CC1. The van der Waals surface area contributed by atoms with Crippen LogP contribution in [0.4, 0.5) is 0 Å². The standard InChI is InChI=1S/C14H31N3O3S/c1-5-7-16(8-6-2)21(19,20)17-11-9-15(10-12-17)13-14(3,4)18/h18H,5-13H2,1-4H3. The molecule has 0 aromatic rings. The zero-order chi connectivity index (χ0) is 16.1. The maximum atomic E-state index is 12.6. The summed E-state index contributed by atoms with van der Waals surface area (Å²) in [6, 6.07) is 0. The number of piperazine rings is 1. The Labute approximate surface area is 129 Å². The monoisotopic (exact) mass is 321 g/mol. The Kier molecular flexibility index (Phi) is 7.06. The van der Waals surface area contributed by atoms with Crippen LogP contribution in [0.25, 0.3) is 0 Å². The maximum Gasteiger partial charge on any atom is 0.282 e. The van der Waals surface area contributed by atoms with Crippen molar-refractivity contribution >= 4 is 10.2 Å². The van der Waals surface area contributed by atoms with Crippen molar-refractivity contribution in [3.8, 4) is 0 Å². The van der Waals surface area contributed by atoms with Gasteiger partial charge in [-0.25, -0.2) is 0 Å². The van der Waals surface area contributed by atoms with Gasteiger partial charge in [-0.2, -0.15) is 17.0 Å². The normalized spacial score (nSPS) is 19.3. The van der Waals surface area contributed by atoms with Gasteiger partial charge in [0.05, 0.1) is 5.60 Å². The van der Waals surface area contributed by atoms with Crippen LogP contribution in [0.15, 0.2) is 0 Å². The molecule has 0 radical (unpaired) electrons. The fourth-order valence-corrected chi connectivity index (χ4v) is 4.45. The Morgan fingerprint density at radius 1 is 1.05 bits per heavy atom. The van der Waals surface area contributed by atoms with Gasteiger partial charge in [0.15, 0.2) is 0 Å². The van der Waals surface area contributed by atoms with Crippen LogP contribution in [0.1, 0.15) is 40.5 Å². The minimum atomic E-state index is -3.34. The van der Waals surface area contributed by atoms with E-state index < -0.39 is 15.8 Å². The highest BCUT2D eigenvalue weighted by molar-refractivity contribution is 7.86. The van der Waals surface area contributed by atoms with E-state index in [2.05, 4.69) is 4.90 Å². The summed E-state index contributed by atoms with van der Waals surface area (Å²) in [4.78, 5) is 2.12. The molecule has 21 heavy (non-hydrogen) atoms. The Bertz CT molecular complexity index is 392. The van der Waals surface area contributed by atoms with Gasteiger partial charge in [0, 0.05) is 45.8 Å². The molecule has 0 spiro atoms. The predicted octanol–water partition coefficient (Wildman–Crippen LogP) is 0.742. The molecule has 1 saturated heterocycles. The molecule has 0 aliphatic carbocycles. The summed E-state index contributed by atoms with van der Waals surface area (Å²) < 4.78 is 28.5. The first-order valence-corrected chi connectivity index (χ1v) is 9.30. The van der Waals surface area contributed by atoms with Crippen LogP contribution in [-0.4, -0.2) is 78.4 Å². The van der Waals surface area contributed by atoms with E-state index >= 15 is 0 Å². The molecule has 0 atom stereocenters. The van der Waals surface area contributed by atoms with Crippen molar-refractivity contribution in [2.75, 3.05) is 45.8 Å². The molecule has 7 heteroatoms. The average molecular weight is 321 g/mol. The number of aliphatic hydroxyl groups is 1. The fraction of sp³-hybridized carbons (Fsp3) is 1.00. The fourth-order valence-electron chi connectivity index (χ4n) is 2.67. The van der Waals surface area contributed by atoms with Gasteiger partial charge in [-0.1, -0.05) is 13.8 Å². The van der Waals surface area contributed by atoms with Gasteiger partial charge in [0.25, 0.3) is 10.2 Å². The number of nitrogens with zero attached hydrogens (tertiary/aromatic N) is 3. The van der Waals surface area contributed by atoms with E-state index in [4.69, 9.17) is 0 Å². The van der Waals surface area contributed by atoms with Crippen molar-refractivity contribution in [1.82, 2.24) is 13.5 Å². The van der Waals surface area contributed by atoms with Crippen molar-refractivity contribution in [1.29, 1.82) is 0 Å². The van der Waals surface area contributed by atoms with E-state index in [9.17, 15) is 13.5 Å². The summed E-state index contributed by atoms with van der Waals surface area (Å²) in [5.74, 6) is 0. The van der Waals surface area contributed by atoms with Crippen LogP contribution in [0.5, 0.6) is 0 Å². The molecule has 1 heterocycles. The Morgan fingerprint density at radius 2 is 1.52 bits per heavy atom. The van der Waals surface area contributed by atoms with E-state index in [-0.39, 0.29) is 0 Å². The predicted molar refractivity (Wildman–Crippen MR) is 85.4 cm³/mol. The summed E-state index contributed by atoms with van der Waals surface area (Å²) in [5, 5.41) is 9.84. The minimum absolute atomic E-state index is 0.502. The first-order valence-electron chi connectivity index (χ1n) is 7.90.